The van der Waals surface area contributed by atoms with E-state index in [0.717, 1.165) is 17.7 Å². The Morgan fingerprint density at radius 2 is 2.05 bits per heavy atom. The second-order valence-electron chi connectivity index (χ2n) is 6.70. The molecule has 0 spiro atoms. The molecule has 0 bridgehead atoms. The number of hydrogen-bond acceptors (Lipinski definition) is 1. The van der Waals surface area contributed by atoms with E-state index in [1.807, 2.05) is 32.2 Å². The maximum Gasteiger partial charge on any atom is 0.127 e. The van der Waals surface area contributed by atoms with E-state index < -0.39 is 0 Å². The first kappa shape index (κ1) is 18.2. The predicted molar refractivity (Wildman–Crippen MR) is 93.8 cm³/mol. The van der Waals surface area contributed by atoms with E-state index in [9.17, 15) is 4.39 Å². The summed E-state index contributed by atoms with van der Waals surface area (Å²) in [5.41, 5.74) is 2.64. The van der Waals surface area contributed by atoms with E-state index in [-0.39, 0.29) is 11.2 Å². The maximum absolute atomic E-state index is 13.9. The molecule has 22 heavy (non-hydrogen) atoms. The van der Waals surface area contributed by atoms with Crippen LogP contribution in [0.2, 0.25) is 0 Å². The minimum absolute atomic E-state index is 0.0162. The van der Waals surface area contributed by atoms with Crippen molar-refractivity contribution >= 4 is 5.57 Å². The maximum atomic E-state index is 13.9. The summed E-state index contributed by atoms with van der Waals surface area (Å²) in [5.74, 6) is 6.01. The van der Waals surface area contributed by atoms with Crippen LogP contribution in [-0.4, -0.2) is 18.5 Å². The normalized spacial score (nSPS) is 11.6. The van der Waals surface area contributed by atoms with Crippen molar-refractivity contribution in [3.05, 3.63) is 53.9 Å². The molecule has 0 saturated carbocycles. The molecule has 0 aromatic heterocycles. The van der Waals surface area contributed by atoms with Gasteiger partial charge >= 0.3 is 0 Å². The lowest BCUT2D eigenvalue weighted by molar-refractivity contribution is 0.356. The smallest absolute Gasteiger partial charge is 0.127 e. The van der Waals surface area contributed by atoms with Gasteiger partial charge in [0.2, 0.25) is 0 Å². The topological polar surface area (TPSA) is 3.24 Å². The second kappa shape index (κ2) is 7.96. The lowest BCUT2D eigenvalue weighted by atomic mass is 9.98. The van der Waals surface area contributed by atoms with Gasteiger partial charge in [0.05, 0.1) is 0 Å². The Balaban J connectivity index is 2.63. The zero-order valence-corrected chi connectivity index (χ0v) is 14.3. The Kier molecular flexibility index (Phi) is 6.59. The molecule has 0 heterocycles. The summed E-state index contributed by atoms with van der Waals surface area (Å²) in [4.78, 5) is 2.05. The van der Waals surface area contributed by atoms with Crippen LogP contribution >= 0.6 is 0 Å². The third kappa shape index (κ3) is 6.74. The molecule has 0 aliphatic heterocycles. The monoisotopic (exact) mass is 299 g/mol. The van der Waals surface area contributed by atoms with Crippen LogP contribution in [0.1, 0.15) is 38.8 Å². The highest BCUT2D eigenvalue weighted by Gasteiger charge is 2.06. The largest absolute Gasteiger partial charge is 0.298 e. The van der Waals surface area contributed by atoms with E-state index in [1.54, 1.807) is 6.07 Å². The Bertz CT molecular complexity index is 609. The van der Waals surface area contributed by atoms with Crippen molar-refractivity contribution in [3.63, 3.8) is 0 Å². The molecule has 0 unspecified atom stereocenters. The quantitative estimate of drug-likeness (QED) is 0.699. The molecule has 0 fully saturated rings. The highest BCUT2D eigenvalue weighted by atomic mass is 19.1. The Morgan fingerprint density at radius 3 is 2.64 bits per heavy atom. The van der Waals surface area contributed by atoms with Gasteiger partial charge in [-0.1, -0.05) is 36.1 Å². The van der Waals surface area contributed by atoms with Crippen LogP contribution in [0, 0.1) is 23.1 Å². The van der Waals surface area contributed by atoms with Gasteiger partial charge in [-0.25, -0.2) is 4.39 Å². The Morgan fingerprint density at radius 1 is 1.36 bits per heavy atom. The fourth-order valence-electron chi connectivity index (χ4n) is 1.87. The SMILES string of the molecule is C=C(C)c1ccc(F)c(CN(C)C/C=C/C#CC(C)(C)C)c1. The fourth-order valence-corrected chi connectivity index (χ4v) is 1.87. The highest BCUT2D eigenvalue weighted by Crippen LogP contribution is 2.17. The number of nitrogens with zero attached hydrogens (tertiary/aromatic N) is 1. The first-order chi connectivity index (χ1) is 10.2. The highest BCUT2D eigenvalue weighted by molar-refractivity contribution is 5.61. The van der Waals surface area contributed by atoms with Gasteiger partial charge in [-0.3, -0.25) is 4.90 Å². The number of halogens is 1. The zero-order valence-electron chi connectivity index (χ0n) is 14.3. The standard InChI is InChI=1S/C20H26FN/c1-16(2)17-10-11-19(21)18(14-17)15-22(6)13-9-7-8-12-20(3,4)5/h7,9-11,14H,1,13,15H2,2-6H3/b9-7+. The predicted octanol–water partition coefficient (Wildman–Crippen LogP) is 4.90. The molecule has 1 aromatic carbocycles. The summed E-state index contributed by atoms with van der Waals surface area (Å²) in [6, 6.07) is 5.15. The number of allylic oxidation sites excluding steroid dienone is 2. The first-order valence-electron chi connectivity index (χ1n) is 7.49. The molecule has 0 saturated heterocycles. The molecule has 0 aliphatic rings. The van der Waals surface area contributed by atoms with Crippen LogP contribution in [0.5, 0.6) is 0 Å². The van der Waals surface area contributed by atoms with Gasteiger partial charge < -0.3 is 0 Å². The van der Waals surface area contributed by atoms with Crippen LogP contribution in [0.25, 0.3) is 5.57 Å². The number of rotatable bonds is 5. The van der Waals surface area contributed by atoms with E-state index in [4.69, 9.17) is 0 Å². The lowest BCUT2D eigenvalue weighted by Crippen LogP contribution is -2.18. The number of benzene rings is 1. The number of hydrogen-bond donors (Lipinski definition) is 0. The molecular formula is C20H26FN. The van der Waals surface area contributed by atoms with Crippen molar-refractivity contribution in [2.75, 3.05) is 13.6 Å². The van der Waals surface area contributed by atoms with Crippen molar-refractivity contribution < 1.29 is 4.39 Å². The summed E-state index contributed by atoms with van der Waals surface area (Å²) in [6.45, 7) is 13.4. The van der Waals surface area contributed by atoms with E-state index >= 15 is 0 Å². The molecule has 0 N–H and O–H groups in total. The van der Waals surface area contributed by atoms with Crippen molar-refractivity contribution in [2.45, 2.75) is 34.2 Å². The Hall–Kier alpha value is -1.85. The van der Waals surface area contributed by atoms with Crippen molar-refractivity contribution in [1.29, 1.82) is 0 Å². The van der Waals surface area contributed by atoms with Crippen molar-refractivity contribution in [2.24, 2.45) is 5.41 Å². The van der Waals surface area contributed by atoms with Gasteiger partial charge in [-0.15, -0.1) is 0 Å². The lowest BCUT2D eigenvalue weighted by Gasteiger charge is -2.15. The van der Waals surface area contributed by atoms with Gasteiger partial charge in [-0.2, -0.15) is 0 Å². The molecule has 0 atom stereocenters. The summed E-state index contributed by atoms with van der Waals surface area (Å²) in [6.07, 6.45) is 3.86. The Labute approximate surface area is 134 Å². The van der Waals surface area contributed by atoms with Crippen LogP contribution in [0.3, 0.4) is 0 Å². The van der Waals surface area contributed by atoms with Gasteiger partial charge in [-0.05, 0) is 58.5 Å². The fraction of sp³-hybridized carbons (Fsp3) is 0.400. The minimum atomic E-state index is -0.173. The summed E-state index contributed by atoms with van der Waals surface area (Å²) in [7, 11) is 1.97. The van der Waals surface area contributed by atoms with Crippen molar-refractivity contribution in [1.82, 2.24) is 4.90 Å². The summed E-state index contributed by atoms with van der Waals surface area (Å²) >= 11 is 0. The van der Waals surface area contributed by atoms with Gasteiger partial charge in [0, 0.05) is 24.1 Å². The van der Waals surface area contributed by atoms with Crippen molar-refractivity contribution in [3.8, 4) is 11.8 Å². The van der Waals surface area contributed by atoms with E-state index in [0.29, 0.717) is 12.1 Å². The first-order valence-corrected chi connectivity index (χ1v) is 7.49. The number of likely N-dealkylation sites (N-methyl/N-ethyl adjacent to an activating group) is 1. The minimum Gasteiger partial charge on any atom is -0.298 e. The molecule has 118 valence electrons. The molecule has 2 heteroatoms. The van der Waals surface area contributed by atoms with Crippen LogP contribution < -0.4 is 0 Å². The average Bonchev–Trinajstić information content (AvgIpc) is 2.39. The third-order valence-corrected chi connectivity index (χ3v) is 3.04. The second-order valence-corrected chi connectivity index (χ2v) is 6.70. The third-order valence-electron chi connectivity index (χ3n) is 3.04. The van der Waals surface area contributed by atoms with Crippen LogP contribution in [0.4, 0.5) is 4.39 Å². The zero-order chi connectivity index (χ0) is 16.8. The van der Waals surface area contributed by atoms with Gasteiger partial charge in [0.15, 0.2) is 0 Å². The molecule has 1 aromatic rings. The molecule has 1 nitrogen and oxygen atoms in total. The molecule has 1 rings (SSSR count). The summed E-state index contributed by atoms with van der Waals surface area (Å²) in [5, 5.41) is 0. The van der Waals surface area contributed by atoms with E-state index in [2.05, 4.69) is 44.1 Å². The molecule has 0 aliphatic carbocycles. The van der Waals surface area contributed by atoms with Gasteiger partial charge in [0.25, 0.3) is 0 Å². The van der Waals surface area contributed by atoms with Crippen LogP contribution in [0.15, 0.2) is 36.9 Å². The molecule has 0 amide bonds. The summed E-state index contributed by atoms with van der Waals surface area (Å²) < 4.78 is 13.9. The average molecular weight is 299 g/mol. The van der Waals surface area contributed by atoms with E-state index in [1.165, 1.54) is 6.07 Å². The van der Waals surface area contributed by atoms with Gasteiger partial charge in [0.1, 0.15) is 5.82 Å². The molecule has 0 radical (unpaired) electrons. The molecular weight excluding hydrogens is 273 g/mol. The van der Waals surface area contributed by atoms with Crippen LogP contribution in [-0.2, 0) is 6.54 Å².